The van der Waals surface area contributed by atoms with E-state index < -0.39 is 0 Å². The van der Waals surface area contributed by atoms with Crippen LogP contribution in [0.5, 0.6) is 0 Å². The van der Waals surface area contributed by atoms with E-state index in [9.17, 15) is 9.59 Å². The van der Waals surface area contributed by atoms with Gasteiger partial charge in [-0.2, -0.15) is 0 Å². The highest BCUT2D eigenvalue weighted by molar-refractivity contribution is 7.18. The van der Waals surface area contributed by atoms with Crippen LogP contribution >= 0.6 is 11.3 Å². The molecule has 3 rings (SSSR count). The molecule has 0 saturated heterocycles. The van der Waals surface area contributed by atoms with Crippen molar-refractivity contribution in [1.82, 2.24) is 0 Å². The molecule has 0 radical (unpaired) electrons. The van der Waals surface area contributed by atoms with Gasteiger partial charge < -0.3 is 10.6 Å². The van der Waals surface area contributed by atoms with Gasteiger partial charge in [-0.05, 0) is 50.5 Å². The predicted octanol–water partition coefficient (Wildman–Crippen LogP) is 5.74. The topological polar surface area (TPSA) is 58.2 Å². The van der Waals surface area contributed by atoms with Gasteiger partial charge in [-0.3, -0.25) is 9.59 Å². The molecule has 1 heterocycles. The molecule has 2 aromatic carbocycles. The number of anilines is 2. The molecule has 0 atom stereocenters. The monoisotopic (exact) mass is 392 g/mol. The minimum Gasteiger partial charge on any atom is -0.372 e. The Balaban J connectivity index is 1.86. The van der Waals surface area contributed by atoms with Crippen LogP contribution in [-0.2, 0) is 6.54 Å². The second-order valence-electron chi connectivity index (χ2n) is 6.93. The zero-order valence-electron chi connectivity index (χ0n) is 16.6. The molecule has 0 aliphatic heterocycles. The first-order valence-electron chi connectivity index (χ1n) is 9.17. The van der Waals surface area contributed by atoms with Gasteiger partial charge in [-0.25, -0.2) is 0 Å². The van der Waals surface area contributed by atoms with Crippen molar-refractivity contribution in [3.05, 3.63) is 81.2 Å². The molecule has 0 aliphatic carbocycles. The summed E-state index contributed by atoms with van der Waals surface area (Å²) < 4.78 is 0. The number of Topliss-reactive ketones (excluding diaryl/α,β-unsaturated/α-hetero) is 1. The molecule has 0 bridgehead atoms. The lowest BCUT2D eigenvalue weighted by molar-refractivity contribution is 0.101. The largest absolute Gasteiger partial charge is 0.372 e. The van der Waals surface area contributed by atoms with Gasteiger partial charge in [-0.1, -0.05) is 48.0 Å². The lowest BCUT2D eigenvalue weighted by Crippen LogP contribution is -2.13. The lowest BCUT2D eigenvalue weighted by atomic mass is 10.1. The number of carbonyl (C=O) groups is 2. The van der Waals surface area contributed by atoms with E-state index >= 15 is 0 Å². The zero-order chi connectivity index (χ0) is 20.3. The van der Waals surface area contributed by atoms with Crippen LogP contribution in [-0.4, -0.2) is 11.7 Å². The summed E-state index contributed by atoms with van der Waals surface area (Å²) in [5, 5.41) is 7.04. The normalized spacial score (nSPS) is 10.6. The fraction of sp³-hybridized carbons (Fsp3) is 0.217. The Kier molecular flexibility index (Phi) is 5.95. The summed E-state index contributed by atoms with van der Waals surface area (Å²) in [5.74, 6) is -0.236. The molecule has 28 heavy (non-hydrogen) atoms. The predicted molar refractivity (Wildman–Crippen MR) is 117 cm³/mol. The van der Waals surface area contributed by atoms with Crippen LogP contribution in [0.1, 0.15) is 49.2 Å². The smallest absolute Gasteiger partial charge is 0.266 e. The third-order valence-electron chi connectivity index (χ3n) is 4.63. The fourth-order valence-electron chi connectivity index (χ4n) is 3.19. The van der Waals surface area contributed by atoms with Crippen LogP contribution in [0.25, 0.3) is 0 Å². The maximum atomic E-state index is 12.9. The Bertz CT molecular complexity index is 1020. The van der Waals surface area contributed by atoms with E-state index in [1.807, 2.05) is 69.3 Å². The molecule has 5 heteroatoms. The number of amides is 1. The summed E-state index contributed by atoms with van der Waals surface area (Å²) in [6.07, 6.45) is 0. The molecule has 0 spiro atoms. The summed E-state index contributed by atoms with van der Waals surface area (Å²) in [4.78, 5) is 25.7. The van der Waals surface area contributed by atoms with Crippen molar-refractivity contribution >= 4 is 33.7 Å². The minimum atomic E-state index is -0.190. The van der Waals surface area contributed by atoms with Gasteiger partial charge in [0.1, 0.15) is 5.00 Å². The van der Waals surface area contributed by atoms with Crippen molar-refractivity contribution in [3.63, 3.8) is 0 Å². The fourth-order valence-corrected chi connectivity index (χ4v) is 4.34. The van der Waals surface area contributed by atoms with Crippen LogP contribution in [0, 0.1) is 20.8 Å². The summed E-state index contributed by atoms with van der Waals surface area (Å²) >= 11 is 1.33. The van der Waals surface area contributed by atoms with E-state index in [-0.39, 0.29) is 11.7 Å². The first-order chi connectivity index (χ1) is 13.4. The van der Waals surface area contributed by atoms with Crippen LogP contribution in [0.4, 0.5) is 10.7 Å². The highest BCUT2D eigenvalue weighted by Crippen LogP contribution is 2.34. The van der Waals surface area contributed by atoms with Crippen molar-refractivity contribution in [3.8, 4) is 0 Å². The second-order valence-corrected chi connectivity index (χ2v) is 7.95. The average molecular weight is 393 g/mol. The Hall–Kier alpha value is -2.92. The third-order valence-corrected chi connectivity index (χ3v) is 5.88. The van der Waals surface area contributed by atoms with Crippen molar-refractivity contribution in [2.75, 3.05) is 10.6 Å². The van der Waals surface area contributed by atoms with Gasteiger partial charge in [0.05, 0.1) is 10.4 Å². The molecule has 0 fully saturated rings. The Morgan fingerprint density at radius 1 is 1.00 bits per heavy atom. The van der Waals surface area contributed by atoms with Crippen molar-refractivity contribution in [2.45, 2.75) is 34.2 Å². The number of thiophene rings is 1. The van der Waals surface area contributed by atoms with Crippen LogP contribution < -0.4 is 10.6 Å². The number of ketones is 1. The first kappa shape index (κ1) is 19.8. The molecule has 0 saturated carbocycles. The van der Waals surface area contributed by atoms with Crippen molar-refractivity contribution < 1.29 is 9.59 Å². The van der Waals surface area contributed by atoms with Crippen LogP contribution in [0.15, 0.2) is 48.5 Å². The van der Waals surface area contributed by atoms with Gasteiger partial charge >= 0.3 is 0 Å². The number of carbonyl (C=O) groups excluding carboxylic acids is 2. The third kappa shape index (κ3) is 4.31. The number of nitrogens with one attached hydrogen (secondary N) is 2. The van der Waals surface area contributed by atoms with Crippen molar-refractivity contribution in [2.24, 2.45) is 0 Å². The van der Waals surface area contributed by atoms with Crippen LogP contribution in [0.2, 0.25) is 0 Å². The van der Waals surface area contributed by atoms with Gasteiger partial charge in [0.15, 0.2) is 5.78 Å². The van der Waals surface area contributed by atoms with Gasteiger partial charge in [0, 0.05) is 12.2 Å². The first-order valence-corrected chi connectivity index (χ1v) is 9.99. The van der Waals surface area contributed by atoms with E-state index in [0.29, 0.717) is 17.0 Å². The average Bonchev–Trinajstić information content (AvgIpc) is 3.00. The maximum Gasteiger partial charge on any atom is 0.266 e. The number of aryl methyl sites for hydroxylation is 2. The molecule has 2 N–H and O–H groups in total. The zero-order valence-corrected chi connectivity index (χ0v) is 17.4. The Morgan fingerprint density at radius 2 is 1.71 bits per heavy atom. The van der Waals surface area contributed by atoms with E-state index in [2.05, 4.69) is 10.6 Å². The Labute approximate surface area is 169 Å². The van der Waals surface area contributed by atoms with Crippen molar-refractivity contribution in [1.29, 1.82) is 0 Å². The minimum absolute atomic E-state index is 0.0464. The summed E-state index contributed by atoms with van der Waals surface area (Å²) in [7, 11) is 0. The molecule has 1 amide bonds. The molecule has 144 valence electrons. The second kappa shape index (κ2) is 8.40. The van der Waals surface area contributed by atoms with Gasteiger partial charge in [0.25, 0.3) is 5.91 Å². The van der Waals surface area contributed by atoms with Gasteiger partial charge in [0.2, 0.25) is 0 Å². The Morgan fingerprint density at radius 3 is 2.36 bits per heavy atom. The maximum absolute atomic E-state index is 12.9. The SMILES string of the molecule is CC(=O)c1c(NCc2ccccc2)sc(C(=O)Nc2ccc(C)cc2C)c1C. The number of hydrogen-bond acceptors (Lipinski definition) is 4. The van der Waals surface area contributed by atoms with E-state index in [4.69, 9.17) is 0 Å². The molecular weight excluding hydrogens is 368 g/mol. The highest BCUT2D eigenvalue weighted by Gasteiger charge is 2.23. The molecule has 1 aromatic heterocycles. The number of benzene rings is 2. The molecule has 3 aromatic rings. The standard InChI is InChI=1S/C23H24N2O2S/c1-14-10-11-19(15(2)12-14)25-22(27)21-16(3)20(17(4)26)23(28-21)24-13-18-8-6-5-7-9-18/h5-12,24H,13H2,1-4H3,(H,25,27). The quantitative estimate of drug-likeness (QED) is 0.526. The van der Waals surface area contributed by atoms with Crippen LogP contribution in [0.3, 0.4) is 0 Å². The molecule has 4 nitrogen and oxygen atoms in total. The number of rotatable bonds is 6. The molecule has 0 unspecified atom stereocenters. The van der Waals surface area contributed by atoms with Gasteiger partial charge in [-0.15, -0.1) is 11.3 Å². The van der Waals surface area contributed by atoms with E-state index in [0.717, 1.165) is 32.9 Å². The lowest BCUT2D eigenvalue weighted by Gasteiger charge is -2.08. The van der Waals surface area contributed by atoms with E-state index in [1.165, 1.54) is 18.3 Å². The molecular formula is C23H24N2O2S. The summed E-state index contributed by atoms with van der Waals surface area (Å²) in [6, 6.07) is 15.9. The highest BCUT2D eigenvalue weighted by atomic mass is 32.1. The number of hydrogen-bond donors (Lipinski definition) is 2. The summed E-state index contributed by atoms with van der Waals surface area (Å²) in [5.41, 5.74) is 5.36. The molecule has 0 aliphatic rings. The summed E-state index contributed by atoms with van der Waals surface area (Å²) in [6.45, 7) is 7.95. The van der Waals surface area contributed by atoms with E-state index in [1.54, 1.807) is 0 Å².